The zero-order valence-corrected chi connectivity index (χ0v) is 11.4. The van der Waals surface area contributed by atoms with Gasteiger partial charge in [0.05, 0.1) is 23.1 Å². The van der Waals surface area contributed by atoms with Gasteiger partial charge in [-0.3, -0.25) is 14.9 Å². The van der Waals surface area contributed by atoms with Gasteiger partial charge in [0.2, 0.25) is 5.91 Å². The van der Waals surface area contributed by atoms with E-state index in [0.29, 0.717) is 16.9 Å². The van der Waals surface area contributed by atoms with Gasteiger partial charge in [0.15, 0.2) is 0 Å². The minimum absolute atomic E-state index is 0.00687. The normalized spacial score (nSPS) is 9.59. The summed E-state index contributed by atoms with van der Waals surface area (Å²) in [6.07, 6.45) is 0. The Labute approximate surface area is 126 Å². The molecule has 2 aromatic carbocycles. The van der Waals surface area contributed by atoms with Crippen LogP contribution in [0.3, 0.4) is 0 Å². The molecule has 0 atom stereocenters. The smallest absolute Gasteiger partial charge is 0.269 e. The van der Waals surface area contributed by atoms with Crippen LogP contribution in [0.4, 0.5) is 17.1 Å². The molecule has 0 spiro atoms. The van der Waals surface area contributed by atoms with Crippen LogP contribution < -0.4 is 10.6 Å². The highest BCUT2D eigenvalue weighted by molar-refractivity contribution is 5.93. The van der Waals surface area contributed by atoms with Gasteiger partial charge in [-0.2, -0.15) is 5.26 Å². The Balaban J connectivity index is 1.86. The molecule has 0 bridgehead atoms. The van der Waals surface area contributed by atoms with Crippen LogP contribution in [0.15, 0.2) is 48.5 Å². The van der Waals surface area contributed by atoms with Crippen LogP contribution in [-0.4, -0.2) is 17.4 Å². The van der Waals surface area contributed by atoms with E-state index in [0.717, 1.165) is 0 Å². The van der Waals surface area contributed by atoms with Crippen molar-refractivity contribution in [1.29, 1.82) is 5.26 Å². The van der Waals surface area contributed by atoms with Crippen molar-refractivity contribution in [1.82, 2.24) is 0 Å². The number of nitro groups is 1. The first-order valence-corrected chi connectivity index (χ1v) is 6.37. The minimum Gasteiger partial charge on any atom is -0.376 e. The molecule has 0 heterocycles. The minimum atomic E-state index is -0.485. The highest BCUT2D eigenvalue weighted by Gasteiger charge is 2.05. The molecule has 7 heteroatoms. The van der Waals surface area contributed by atoms with Crippen LogP contribution in [0.25, 0.3) is 0 Å². The molecular weight excluding hydrogens is 284 g/mol. The number of hydrogen-bond acceptors (Lipinski definition) is 5. The van der Waals surface area contributed by atoms with E-state index in [1.807, 2.05) is 6.07 Å². The topological polar surface area (TPSA) is 108 Å². The number of nitriles is 1. The maximum absolute atomic E-state index is 11.8. The number of nitro benzene ring substituents is 1. The molecule has 2 rings (SSSR count). The molecule has 0 radical (unpaired) electrons. The van der Waals surface area contributed by atoms with Crippen molar-refractivity contribution in [2.24, 2.45) is 0 Å². The lowest BCUT2D eigenvalue weighted by molar-refractivity contribution is -0.384. The Morgan fingerprint density at radius 2 is 1.68 bits per heavy atom. The van der Waals surface area contributed by atoms with Crippen molar-refractivity contribution in [2.75, 3.05) is 17.2 Å². The van der Waals surface area contributed by atoms with E-state index in [1.54, 1.807) is 24.3 Å². The Morgan fingerprint density at radius 3 is 2.23 bits per heavy atom. The van der Waals surface area contributed by atoms with E-state index in [-0.39, 0.29) is 18.1 Å². The molecular formula is C15H12N4O3. The molecule has 0 unspecified atom stereocenters. The first-order chi connectivity index (χ1) is 10.6. The summed E-state index contributed by atoms with van der Waals surface area (Å²) in [6, 6.07) is 14.3. The van der Waals surface area contributed by atoms with Crippen molar-refractivity contribution < 1.29 is 9.72 Å². The lowest BCUT2D eigenvalue weighted by Gasteiger charge is -2.07. The van der Waals surface area contributed by atoms with Crippen LogP contribution in [0.2, 0.25) is 0 Å². The van der Waals surface area contributed by atoms with Crippen molar-refractivity contribution >= 4 is 23.0 Å². The first-order valence-electron chi connectivity index (χ1n) is 6.37. The maximum Gasteiger partial charge on any atom is 0.269 e. The number of nitrogens with zero attached hydrogens (tertiary/aromatic N) is 2. The van der Waals surface area contributed by atoms with Gasteiger partial charge in [-0.15, -0.1) is 0 Å². The average Bonchev–Trinajstić information content (AvgIpc) is 2.54. The van der Waals surface area contributed by atoms with E-state index >= 15 is 0 Å². The third kappa shape index (κ3) is 4.05. The lowest BCUT2D eigenvalue weighted by atomic mass is 10.2. The Morgan fingerprint density at radius 1 is 1.09 bits per heavy atom. The summed E-state index contributed by atoms with van der Waals surface area (Å²) in [5.41, 5.74) is 1.71. The van der Waals surface area contributed by atoms with E-state index in [2.05, 4.69) is 10.6 Å². The number of rotatable bonds is 5. The summed E-state index contributed by atoms with van der Waals surface area (Å²) in [5, 5.41) is 24.8. The van der Waals surface area contributed by atoms with Gasteiger partial charge in [-0.05, 0) is 36.4 Å². The van der Waals surface area contributed by atoms with Crippen molar-refractivity contribution in [3.8, 4) is 6.07 Å². The molecule has 0 fully saturated rings. The number of carbonyl (C=O) groups is 1. The van der Waals surface area contributed by atoms with Crippen molar-refractivity contribution in [2.45, 2.75) is 0 Å². The summed E-state index contributed by atoms with van der Waals surface area (Å²) >= 11 is 0. The zero-order valence-electron chi connectivity index (χ0n) is 11.4. The second kappa shape index (κ2) is 6.85. The number of non-ortho nitro benzene ring substituents is 1. The summed E-state index contributed by atoms with van der Waals surface area (Å²) < 4.78 is 0. The molecule has 2 aromatic rings. The Bertz CT molecular complexity index is 718. The van der Waals surface area contributed by atoms with Crippen molar-refractivity contribution in [3.05, 3.63) is 64.2 Å². The van der Waals surface area contributed by atoms with E-state index in [1.165, 1.54) is 24.3 Å². The average molecular weight is 296 g/mol. The number of anilines is 2. The van der Waals surface area contributed by atoms with Crippen LogP contribution in [-0.2, 0) is 4.79 Å². The predicted octanol–water partition coefficient (Wildman–Crippen LogP) is 2.52. The molecule has 1 amide bonds. The Hall–Kier alpha value is -3.40. The quantitative estimate of drug-likeness (QED) is 0.651. The fourth-order valence-electron chi connectivity index (χ4n) is 1.72. The van der Waals surface area contributed by atoms with Gasteiger partial charge in [-0.1, -0.05) is 0 Å². The van der Waals surface area contributed by atoms with Crippen LogP contribution >= 0.6 is 0 Å². The zero-order chi connectivity index (χ0) is 15.9. The first kappa shape index (κ1) is 15.0. The summed E-state index contributed by atoms with van der Waals surface area (Å²) in [6.45, 7) is 0.0256. The number of benzene rings is 2. The number of hydrogen-bond donors (Lipinski definition) is 2. The number of amides is 1. The molecule has 0 saturated heterocycles. The van der Waals surface area contributed by atoms with E-state index in [4.69, 9.17) is 5.26 Å². The molecule has 2 N–H and O–H groups in total. The van der Waals surface area contributed by atoms with E-state index in [9.17, 15) is 14.9 Å². The molecule has 0 aromatic heterocycles. The Kier molecular flexibility index (Phi) is 4.67. The lowest BCUT2D eigenvalue weighted by Crippen LogP contribution is -2.21. The fourth-order valence-corrected chi connectivity index (χ4v) is 1.72. The van der Waals surface area contributed by atoms with Crippen LogP contribution in [0.1, 0.15) is 5.56 Å². The molecule has 0 aliphatic rings. The van der Waals surface area contributed by atoms with Gasteiger partial charge in [0, 0.05) is 23.5 Å². The fraction of sp³-hybridized carbons (Fsp3) is 0.0667. The van der Waals surface area contributed by atoms with Gasteiger partial charge in [0.1, 0.15) is 0 Å². The summed E-state index contributed by atoms with van der Waals surface area (Å²) in [4.78, 5) is 21.8. The van der Waals surface area contributed by atoms with Crippen LogP contribution in [0, 0.1) is 21.4 Å². The van der Waals surface area contributed by atoms with Gasteiger partial charge in [0.25, 0.3) is 5.69 Å². The molecule has 110 valence electrons. The molecule has 22 heavy (non-hydrogen) atoms. The molecule has 0 aliphatic heterocycles. The largest absolute Gasteiger partial charge is 0.376 e. The SMILES string of the molecule is N#Cc1ccc(NC(=O)CNc2ccc([N+](=O)[O-])cc2)cc1. The second-order valence-electron chi connectivity index (χ2n) is 4.39. The summed E-state index contributed by atoms with van der Waals surface area (Å²) in [5.74, 6) is -0.261. The maximum atomic E-state index is 11.8. The van der Waals surface area contributed by atoms with E-state index < -0.39 is 4.92 Å². The highest BCUT2D eigenvalue weighted by Crippen LogP contribution is 2.15. The third-order valence-electron chi connectivity index (χ3n) is 2.83. The predicted molar refractivity (Wildman–Crippen MR) is 81.4 cm³/mol. The molecule has 7 nitrogen and oxygen atoms in total. The van der Waals surface area contributed by atoms with Gasteiger partial charge < -0.3 is 10.6 Å². The van der Waals surface area contributed by atoms with Crippen molar-refractivity contribution in [3.63, 3.8) is 0 Å². The van der Waals surface area contributed by atoms with Crippen LogP contribution in [0.5, 0.6) is 0 Å². The van der Waals surface area contributed by atoms with Gasteiger partial charge in [-0.25, -0.2) is 0 Å². The second-order valence-corrected chi connectivity index (χ2v) is 4.39. The number of nitrogens with one attached hydrogen (secondary N) is 2. The standard InChI is InChI=1S/C15H12N4O3/c16-9-11-1-3-13(4-2-11)18-15(20)10-17-12-5-7-14(8-6-12)19(21)22/h1-8,17H,10H2,(H,18,20). The van der Waals surface area contributed by atoms with Gasteiger partial charge >= 0.3 is 0 Å². The number of carbonyl (C=O) groups excluding carboxylic acids is 1. The monoisotopic (exact) mass is 296 g/mol. The molecule has 0 saturated carbocycles. The summed E-state index contributed by atoms with van der Waals surface area (Å²) in [7, 11) is 0. The molecule has 0 aliphatic carbocycles. The highest BCUT2D eigenvalue weighted by atomic mass is 16.6. The third-order valence-corrected chi connectivity index (χ3v) is 2.83.